The highest BCUT2D eigenvalue weighted by Crippen LogP contribution is 2.28. The average Bonchev–Trinajstić information content (AvgIpc) is 2.83. The van der Waals surface area contributed by atoms with Gasteiger partial charge in [0.2, 0.25) is 0 Å². The number of amides is 2. The van der Waals surface area contributed by atoms with Gasteiger partial charge >= 0.3 is 12.2 Å². The van der Waals surface area contributed by atoms with Gasteiger partial charge in [-0.25, -0.2) is 4.79 Å². The SMILES string of the molecule is Cc1cc(C(F)(F)F)nn1CCNC(=O)Nc1ccc(Cl)cc1. The zero-order chi connectivity index (χ0) is 17.0. The van der Waals surface area contributed by atoms with Crippen LogP contribution in [-0.4, -0.2) is 22.4 Å². The Hall–Kier alpha value is -2.22. The lowest BCUT2D eigenvalue weighted by Crippen LogP contribution is -2.31. The van der Waals surface area contributed by atoms with Gasteiger partial charge in [-0.15, -0.1) is 0 Å². The number of hydrogen-bond acceptors (Lipinski definition) is 2. The molecule has 0 bridgehead atoms. The quantitative estimate of drug-likeness (QED) is 0.887. The van der Waals surface area contributed by atoms with E-state index in [1.54, 1.807) is 24.3 Å². The van der Waals surface area contributed by atoms with Crippen LogP contribution in [0.25, 0.3) is 0 Å². The summed E-state index contributed by atoms with van der Waals surface area (Å²) in [4.78, 5) is 11.7. The molecule has 124 valence electrons. The van der Waals surface area contributed by atoms with Crippen molar-refractivity contribution in [1.29, 1.82) is 0 Å². The summed E-state index contributed by atoms with van der Waals surface area (Å²) in [7, 11) is 0. The number of carbonyl (C=O) groups excluding carboxylic acids is 1. The van der Waals surface area contributed by atoms with E-state index in [1.807, 2.05) is 0 Å². The first-order valence-electron chi connectivity index (χ1n) is 6.68. The third-order valence-corrected chi connectivity index (χ3v) is 3.23. The van der Waals surface area contributed by atoms with Crippen LogP contribution < -0.4 is 10.6 Å². The Bertz CT molecular complexity index is 682. The van der Waals surface area contributed by atoms with Gasteiger partial charge in [0.25, 0.3) is 0 Å². The standard InChI is InChI=1S/C14H14ClF3N4O/c1-9-8-12(14(16,17)18)21-22(9)7-6-19-13(23)20-11-4-2-10(15)3-5-11/h2-5,8H,6-7H2,1H3,(H2,19,20,23). The van der Waals surface area contributed by atoms with Crippen LogP contribution in [-0.2, 0) is 12.7 Å². The molecule has 0 radical (unpaired) electrons. The number of aryl methyl sites for hydroxylation is 1. The van der Waals surface area contributed by atoms with Gasteiger partial charge in [0.1, 0.15) is 0 Å². The first-order chi connectivity index (χ1) is 10.8. The molecule has 9 heteroatoms. The molecule has 5 nitrogen and oxygen atoms in total. The predicted molar refractivity (Wildman–Crippen MR) is 80.4 cm³/mol. The molecule has 1 aromatic heterocycles. The predicted octanol–water partition coefficient (Wildman–Crippen LogP) is 3.69. The van der Waals surface area contributed by atoms with E-state index < -0.39 is 17.9 Å². The van der Waals surface area contributed by atoms with Gasteiger partial charge in [0.15, 0.2) is 5.69 Å². The van der Waals surface area contributed by atoms with E-state index in [9.17, 15) is 18.0 Å². The monoisotopic (exact) mass is 346 g/mol. The Balaban J connectivity index is 1.84. The Morgan fingerprint density at radius 3 is 2.52 bits per heavy atom. The number of carbonyl (C=O) groups is 1. The Kier molecular flexibility index (Phi) is 5.15. The van der Waals surface area contributed by atoms with Gasteiger partial charge in [-0.2, -0.15) is 18.3 Å². The zero-order valence-corrected chi connectivity index (χ0v) is 12.9. The molecule has 1 aromatic carbocycles. The molecular weight excluding hydrogens is 333 g/mol. The molecule has 0 saturated carbocycles. The van der Waals surface area contributed by atoms with Crippen molar-refractivity contribution in [3.8, 4) is 0 Å². The van der Waals surface area contributed by atoms with Crippen molar-refractivity contribution in [2.45, 2.75) is 19.6 Å². The number of alkyl halides is 3. The molecule has 23 heavy (non-hydrogen) atoms. The van der Waals surface area contributed by atoms with E-state index in [4.69, 9.17) is 11.6 Å². The van der Waals surface area contributed by atoms with Crippen LogP contribution in [0.2, 0.25) is 5.02 Å². The lowest BCUT2D eigenvalue weighted by atomic mass is 10.3. The zero-order valence-electron chi connectivity index (χ0n) is 12.1. The van der Waals surface area contributed by atoms with Crippen LogP contribution in [0.1, 0.15) is 11.4 Å². The molecular formula is C14H14ClF3N4O. The molecule has 0 aliphatic carbocycles. The van der Waals surface area contributed by atoms with Gasteiger partial charge in [0, 0.05) is 22.9 Å². The Morgan fingerprint density at radius 1 is 1.30 bits per heavy atom. The number of urea groups is 1. The Morgan fingerprint density at radius 2 is 1.96 bits per heavy atom. The van der Waals surface area contributed by atoms with Crippen LogP contribution in [0.15, 0.2) is 30.3 Å². The smallest absolute Gasteiger partial charge is 0.336 e. The average molecular weight is 347 g/mol. The summed E-state index contributed by atoms with van der Waals surface area (Å²) in [6, 6.07) is 7.03. The first kappa shape index (κ1) is 17.1. The first-order valence-corrected chi connectivity index (χ1v) is 7.05. The molecule has 0 fully saturated rings. The number of benzene rings is 1. The van der Waals surface area contributed by atoms with Gasteiger partial charge in [-0.3, -0.25) is 4.68 Å². The minimum Gasteiger partial charge on any atom is -0.336 e. The van der Waals surface area contributed by atoms with E-state index >= 15 is 0 Å². The van der Waals surface area contributed by atoms with Crippen LogP contribution >= 0.6 is 11.6 Å². The normalized spacial score (nSPS) is 11.3. The van der Waals surface area contributed by atoms with Crippen molar-refractivity contribution in [1.82, 2.24) is 15.1 Å². The summed E-state index contributed by atoms with van der Waals surface area (Å²) >= 11 is 5.73. The minimum atomic E-state index is -4.48. The molecule has 0 saturated heterocycles. The van der Waals surface area contributed by atoms with Crippen molar-refractivity contribution in [2.24, 2.45) is 0 Å². The van der Waals surface area contributed by atoms with Crippen molar-refractivity contribution in [3.05, 3.63) is 46.7 Å². The van der Waals surface area contributed by atoms with Crippen molar-refractivity contribution >= 4 is 23.3 Å². The molecule has 0 aliphatic heterocycles. The van der Waals surface area contributed by atoms with E-state index in [-0.39, 0.29) is 13.1 Å². The number of halogens is 4. The molecule has 1 heterocycles. The van der Waals surface area contributed by atoms with Crippen LogP contribution in [0.3, 0.4) is 0 Å². The molecule has 0 aliphatic rings. The third kappa shape index (κ3) is 4.88. The van der Waals surface area contributed by atoms with Crippen LogP contribution in [0.4, 0.5) is 23.7 Å². The fourth-order valence-corrected chi connectivity index (χ4v) is 1.98. The van der Waals surface area contributed by atoms with E-state index in [0.29, 0.717) is 16.4 Å². The topological polar surface area (TPSA) is 59.0 Å². The second-order valence-electron chi connectivity index (χ2n) is 4.78. The van der Waals surface area contributed by atoms with Gasteiger partial charge < -0.3 is 10.6 Å². The second-order valence-corrected chi connectivity index (χ2v) is 5.22. The molecule has 0 atom stereocenters. The summed E-state index contributed by atoms with van der Waals surface area (Å²) in [5, 5.41) is 9.15. The maximum Gasteiger partial charge on any atom is 0.435 e. The molecule has 2 rings (SSSR count). The summed E-state index contributed by atoms with van der Waals surface area (Å²) in [5.41, 5.74) is -0.0145. The van der Waals surface area contributed by atoms with Gasteiger partial charge in [0.05, 0.1) is 6.54 Å². The van der Waals surface area contributed by atoms with Crippen LogP contribution in [0, 0.1) is 6.92 Å². The fraction of sp³-hybridized carbons (Fsp3) is 0.286. The number of nitrogens with one attached hydrogen (secondary N) is 2. The molecule has 2 aromatic rings. The number of nitrogens with zero attached hydrogens (tertiary/aromatic N) is 2. The lowest BCUT2D eigenvalue weighted by molar-refractivity contribution is -0.141. The summed E-state index contributed by atoms with van der Waals surface area (Å²) in [6.45, 7) is 1.80. The van der Waals surface area contributed by atoms with Crippen LogP contribution in [0.5, 0.6) is 0 Å². The third-order valence-electron chi connectivity index (χ3n) is 2.98. The summed E-state index contributed by atoms with van der Waals surface area (Å²) in [5.74, 6) is 0. The van der Waals surface area contributed by atoms with Gasteiger partial charge in [-0.1, -0.05) is 11.6 Å². The highest BCUT2D eigenvalue weighted by Gasteiger charge is 2.34. The second kappa shape index (κ2) is 6.91. The lowest BCUT2D eigenvalue weighted by Gasteiger charge is -2.09. The van der Waals surface area contributed by atoms with E-state index in [1.165, 1.54) is 11.6 Å². The van der Waals surface area contributed by atoms with Crippen molar-refractivity contribution in [3.63, 3.8) is 0 Å². The van der Waals surface area contributed by atoms with Crippen molar-refractivity contribution < 1.29 is 18.0 Å². The fourth-order valence-electron chi connectivity index (χ4n) is 1.86. The maximum absolute atomic E-state index is 12.5. The van der Waals surface area contributed by atoms with Crippen molar-refractivity contribution in [2.75, 3.05) is 11.9 Å². The van der Waals surface area contributed by atoms with E-state index in [0.717, 1.165) is 6.07 Å². The highest BCUT2D eigenvalue weighted by molar-refractivity contribution is 6.30. The number of hydrogen-bond donors (Lipinski definition) is 2. The Labute approximate surface area is 135 Å². The maximum atomic E-state index is 12.5. The molecule has 2 N–H and O–H groups in total. The number of anilines is 1. The largest absolute Gasteiger partial charge is 0.435 e. The highest BCUT2D eigenvalue weighted by atomic mass is 35.5. The number of rotatable bonds is 4. The molecule has 0 unspecified atom stereocenters. The van der Waals surface area contributed by atoms with Gasteiger partial charge in [-0.05, 0) is 37.3 Å². The number of aromatic nitrogens is 2. The van der Waals surface area contributed by atoms with E-state index in [2.05, 4.69) is 15.7 Å². The summed E-state index contributed by atoms with van der Waals surface area (Å²) < 4.78 is 38.8. The molecule has 2 amide bonds. The summed E-state index contributed by atoms with van der Waals surface area (Å²) in [6.07, 6.45) is -4.48. The minimum absolute atomic E-state index is 0.135. The molecule has 0 spiro atoms.